The van der Waals surface area contributed by atoms with Crippen molar-refractivity contribution in [1.29, 1.82) is 0 Å². The third kappa shape index (κ3) is 45.0. The zero-order valence-electron chi connectivity index (χ0n) is 37.7. The number of ether oxygens (including phenoxy) is 3. The maximum Gasteiger partial charge on any atom is 0.306 e. The Kier molecular flexibility index (Phi) is 43.6. The quantitative estimate of drug-likeness (QED) is 0.0201. The number of carbonyl (C=O) groups excluding carboxylic acids is 3. The van der Waals surface area contributed by atoms with Crippen LogP contribution in [-0.4, -0.2) is 37.2 Å². The van der Waals surface area contributed by atoms with E-state index in [0.717, 1.165) is 77.0 Å². The van der Waals surface area contributed by atoms with Crippen molar-refractivity contribution < 1.29 is 28.6 Å². The Labute approximate surface area is 361 Å². The summed E-state index contributed by atoms with van der Waals surface area (Å²) < 4.78 is 16.6. The van der Waals surface area contributed by atoms with E-state index >= 15 is 0 Å². The van der Waals surface area contributed by atoms with Crippen LogP contribution in [0.25, 0.3) is 0 Å². The standard InChI is InChI=1S/C53H84O6/c1-4-7-10-13-16-19-22-25-26-29-31-34-37-40-43-46-52(55)58-49-50(59-53(56)47-44-41-38-35-32-28-24-21-18-15-12-9-6-3)48-57-51(54)45-42-39-36-33-30-27-23-20-17-14-11-8-5-2/h8-9,11-12,14-15,17-24,28,32,35,38,50H,4-7,10,13,16,25-27,29-31,33-34,36-37,39-49H2,1-3H3/b11-8-,12-9-,17-14-,18-15-,22-19-,23-20-,24-21-,32-28-,38-35-. The highest BCUT2D eigenvalue weighted by atomic mass is 16.6. The van der Waals surface area contributed by atoms with Gasteiger partial charge >= 0.3 is 17.9 Å². The van der Waals surface area contributed by atoms with Gasteiger partial charge in [-0.2, -0.15) is 0 Å². The van der Waals surface area contributed by atoms with Crippen LogP contribution in [0.4, 0.5) is 0 Å². The molecule has 332 valence electrons. The van der Waals surface area contributed by atoms with Crippen molar-refractivity contribution in [3.05, 3.63) is 109 Å². The summed E-state index contributed by atoms with van der Waals surface area (Å²) in [4.78, 5) is 37.8. The van der Waals surface area contributed by atoms with Crippen molar-refractivity contribution >= 4 is 17.9 Å². The van der Waals surface area contributed by atoms with Gasteiger partial charge in [0.05, 0.1) is 0 Å². The third-order valence-corrected chi connectivity index (χ3v) is 9.43. The van der Waals surface area contributed by atoms with E-state index in [0.29, 0.717) is 19.3 Å². The van der Waals surface area contributed by atoms with Crippen molar-refractivity contribution in [2.45, 2.75) is 194 Å². The molecule has 0 radical (unpaired) electrons. The van der Waals surface area contributed by atoms with Crippen molar-refractivity contribution in [3.63, 3.8) is 0 Å². The van der Waals surface area contributed by atoms with E-state index < -0.39 is 12.1 Å². The van der Waals surface area contributed by atoms with Crippen molar-refractivity contribution in [2.75, 3.05) is 13.2 Å². The van der Waals surface area contributed by atoms with Gasteiger partial charge in [-0.3, -0.25) is 14.4 Å². The van der Waals surface area contributed by atoms with Crippen LogP contribution in [0.2, 0.25) is 0 Å². The Hall–Kier alpha value is -3.93. The maximum atomic E-state index is 12.7. The minimum Gasteiger partial charge on any atom is -0.462 e. The molecule has 0 bridgehead atoms. The lowest BCUT2D eigenvalue weighted by Crippen LogP contribution is -2.30. The lowest BCUT2D eigenvalue weighted by atomic mass is 10.1. The molecule has 0 saturated carbocycles. The topological polar surface area (TPSA) is 78.9 Å². The molecule has 0 aromatic rings. The Morgan fingerprint density at radius 2 is 0.695 bits per heavy atom. The zero-order chi connectivity index (χ0) is 43.0. The Morgan fingerprint density at radius 3 is 1.14 bits per heavy atom. The van der Waals surface area contributed by atoms with E-state index in [1.54, 1.807) is 0 Å². The molecule has 0 aromatic heterocycles. The largest absolute Gasteiger partial charge is 0.462 e. The molecule has 0 amide bonds. The molecule has 6 heteroatoms. The highest BCUT2D eigenvalue weighted by Gasteiger charge is 2.19. The van der Waals surface area contributed by atoms with Crippen molar-refractivity contribution in [1.82, 2.24) is 0 Å². The Balaban J connectivity index is 4.54. The van der Waals surface area contributed by atoms with Crippen LogP contribution in [0, 0.1) is 0 Å². The van der Waals surface area contributed by atoms with E-state index in [2.05, 4.69) is 69.4 Å². The van der Waals surface area contributed by atoms with Gasteiger partial charge in [-0.05, 0) is 77.0 Å². The molecule has 1 unspecified atom stereocenters. The van der Waals surface area contributed by atoms with Crippen LogP contribution in [0.15, 0.2) is 109 Å². The number of hydrogen-bond acceptors (Lipinski definition) is 6. The summed E-state index contributed by atoms with van der Waals surface area (Å²) in [5.74, 6) is -1.03. The molecule has 0 N–H and O–H groups in total. The van der Waals surface area contributed by atoms with E-state index in [9.17, 15) is 14.4 Å². The summed E-state index contributed by atoms with van der Waals surface area (Å²) in [7, 11) is 0. The first-order valence-corrected chi connectivity index (χ1v) is 23.5. The van der Waals surface area contributed by atoms with E-state index in [1.165, 1.54) is 64.2 Å². The van der Waals surface area contributed by atoms with Crippen molar-refractivity contribution in [2.24, 2.45) is 0 Å². The second kappa shape index (κ2) is 46.8. The molecule has 1 atom stereocenters. The summed E-state index contributed by atoms with van der Waals surface area (Å²) in [6.45, 7) is 6.24. The monoisotopic (exact) mass is 817 g/mol. The first-order chi connectivity index (χ1) is 29.0. The predicted molar refractivity (Wildman–Crippen MR) is 251 cm³/mol. The van der Waals surface area contributed by atoms with Crippen LogP contribution in [0.3, 0.4) is 0 Å². The summed E-state index contributed by atoms with van der Waals surface area (Å²) in [6.07, 6.45) is 62.2. The molecule has 59 heavy (non-hydrogen) atoms. The second-order valence-electron chi connectivity index (χ2n) is 15.1. The smallest absolute Gasteiger partial charge is 0.306 e. The summed E-state index contributed by atoms with van der Waals surface area (Å²) in [5, 5.41) is 0. The fraction of sp³-hybridized carbons (Fsp3) is 0.604. The fourth-order valence-electron chi connectivity index (χ4n) is 5.94. The molecule has 0 saturated heterocycles. The van der Waals surface area contributed by atoms with Gasteiger partial charge in [0.1, 0.15) is 13.2 Å². The molecular weight excluding hydrogens is 733 g/mol. The molecule has 0 aliphatic heterocycles. The van der Waals surface area contributed by atoms with Crippen molar-refractivity contribution in [3.8, 4) is 0 Å². The molecule has 0 aliphatic carbocycles. The van der Waals surface area contributed by atoms with Crippen LogP contribution in [0.5, 0.6) is 0 Å². The van der Waals surface area contributed by atoms with Gasteiger partial charge in [-0.15, -0.1) is 0 Å². The number of carbonyl (C=O) groups is 3. The third-order valence-electron chi connectivity index (χ3n) is 9.43. The minimum absolute atomic E-state index is 0.118. The average molecular weight is 817 g/mol. The molecule has 0 spiro atoms. The molecule has 6 nitrogen and oxygen atoms in total. The number of hydrogen-bond donors (Lipinski definition) is 0. The number of unbranched alkanes of at least 4 members (excludes halogenated alkanes) is 17. The number of esters is 3. The van der Waals surface area contributed by atoms with Gasteiger partial charge < -0.3 is 14.2 Å². The average Bonchev–Trinajstić information content (AvgIpc) is 3.23. The highest BCUT2D eigenvalue weighted by molar-refractivity contribution is 5.71. The molecule has 0 heterocycles. The van der Waals surface area contributed by atoms with Crippen LogP contribution in [0.1, 0.15) is 188 Å². The molecule has 0 aromatic carbocycles. The zero-order valence-corrected chi connectivity index (χ0v) is 37.7. The van der Waals surface area contributed by atoms with Crippen LogP contribution < -0.4 is 0 Å². The normalized spacial score (nSPS) is 13.1. The number of allylic oxidation sites excluding steroid dienone is 18. The molecular formula is C53H84O6. The highest BCUT2D eigenvalue weighted by Crippen LogP contribution is 2.13. The summed E-state index contributed by atoms with van der Waals surface area (Å²) in [5.41, 5.74) is 0. The van der Waals surface area contributed by atoms with Crippen LogP contribution in [-0.2, 0) is 28.6 Å². The Morgan fingerprint density at radius 1 is 0.356 bits per heavy atom. The summed E-state index contributed by atoms with van der Waals surface area (Å²) >= 11 is 0. The lowest BCUT2D eigenvalue weighted by Gasteiger charge is -2.18. The Bertz CT molecular complexity index is 1260. The van der Waals surface area contributed by atoms with Gasteiger partial charge in [0, 0.05) is 19.3 Å². The fourth-order valence-corrected chi connectivity index (χ4v) is 5.94. The SMILES string of the molecule is CC\C=C/C=C\C=C/C=C\C=C/CCCC(=O)OC(COC(=O)CCCCCCC\C=C/C=C\C=C/CC)COC(=O)CCCCCCCCC/C=C\CCCCCC. The van der Waals surface area contributed by atoms with Crippen LogP contribution >= 0.6 is 0 Å². The van der Waals surface area contributed by atoms with Gasteiger partial charge in [-0.1, -0.05) is 201 Å². The summed E-state index contributed by atoms with van der Waals surface area (Å²) in [6, 6.07) is 0. The van der Waals surface area contributed by atoms with Gasteiger partial charge in [0.15, 0.2) is 6.10 Å². The van der Waals surface area contributed by atoms with Gasteiger partial charge in [0.25, 0.3) is 0 Å². The molecule has 0 rings (SSSR count). The lowest BCUT2D eigenvalue weighted by molar-refractivity contribution is -0.167. The minimum atomic E-state index is -0.825. The first-order valence-electron chi connectivity index (χ1n) is 23.5. The van der Waals surface area contributed by atoms with E-state index in [-0.39, 0.29) is 31.6 Å². The molecule has 0 aliphatic rings. The van der Waals surface area contributed by atoms with E-state index in [4.69, 9.17) is 14.2 Å². The van der Waals surface area contributed by atoms with Gasteiger partial charge in [0.2, 0.25) is 0 Å². The maximum absolute atomic E-state index is 12.7. The van der Waals surface area contributed by atoms with Gasteiger partial charge in [-0.25, -0.2) is 0 Å². The van der Waals surface area contributed by atoms with E-state index in [1.807, 2.05) is 60.8 Å². The first kappa shape index (κ1) is 55.1. The second-order valence-corrected chi connectivity index (χ2v) is 15.1. The number of rotatable bonds is 40. The molecule has 0 fully saturated rings. The predicted octanol–water partition coefficient (Wildman–Crippen LogP) is 15.2.